The average Bonchev–Trinajstić information content (AvgIpc) is 2.82. The Morgan fingerprint density at radius 1 is 0.737 bits per heavy atom. The molecular weight excluding hydrogens is 513 g/mol. The lowest BCUT2D eigenvalue weighted by atomic mass is 9.46. The highest BCUT2D eigenvalue weighted by molar-refractivity contribution is 6.94. The molecule has 6 fully saturated rings. The predicted octanol–water partition coefficient (Wildman–Crippen LogP) is 9.20. The van der Waals surface area contributed by atoms with Gasteiger partial charge in [-0.3, -0.25) is 0 Å². The summed E-state index contributed by atoms with van der Waals surface area (Å²) in [4.78, 5) is 0. The molecule has 38 heavy (non-hydrogen) atoms. The van der Waals surface area contributed by atoms with E-state index in [4.69, 9.17) is 8.23 Å². The summed E-state index contributed by atoms with van der Waals surface area (Å²) in [5.41, 5.74) is 2.24. The quantitative estimate of drug-likeness (QED) is 0.262. The molecule has 0 aliphatic heterocycles. The number of fused-ring (bicyclic) bond motifs is 4. The van der Waals surface area contributed by atoms with Crippen LogP contribution in [0.2, 0.25) is 44.8 Å². The minimum absolute atomic E-state index is 0.536. The van der Waals surface area contributed by atoms with Crippen LogP contribution in [-0.4, -0.2) is 25.2 Å². The van der Waals surface area contributed by atoms with Gasteiger partial charge in [-0.1, -0.05) is 77.5 Å². The van der Waals surface area contributed by atoms with E-state index in [0.717, 1.165) is 35.5 Å². The number of hydrogen-bond donors (Lipinski definition) is 0. The van der Waals surface area contributed by atoms with Crippen molar-refractivity contribution in [3.8, 4) is 0 Å². The van der Waals surface area contributed by atoms with Gasteiger partial charge in [-0.25, -0.2) is 0 Å². The molecule has 0 amide bonds. The van der Waals surface area contributed by atoms with Crippen LogP contribution in [0.3, 0.4) is 0 Å². The molecule has 6 aliphatic carbocycles. The number of rotatable bonds is 10. The Morgan fingerprint density at radius 2 is 1.16 bits per heavy atom. The highest BCUT2D eigenvalue weighted by atomic mass is 28.5. The minimum atomic E-state index is -2.60. The normalized spacial score (nSPS) is 35.0. The molecule has 6 aliphatic rings. The summed E-state index contributed by atoms with van der Waals surface area (Å²) in [5, 5.41) is 1.31. The second-order valence-corrected chi connectivity index (χ2v) is 28.3. The van der Waals surface area contributed by atoms with Crippen molar-refractivity contribution in [2.24, 2.45) is 46.3 Å². The Labute approximate surface area is 237 Å². The maximum absolute atomic E-state index is 7.49. The molecule has 6 atom stereocenters. The van der Waals surface area contributed by atoms with E-state index in [1.807, 2.05) is 6.08 Å². The SMILES string of the molecule is C=Cc1ccc([Si](C)(O[Si](C)(C)CC2CCC3CC2C3(C)C)O[Si](C)(C)CC2CCC3CC2C3(C)C)cc1. The van der Waals surface area contributed by atoms with Gasteiger partial charge in [0, 0.05) is 0 Å². The highest BCUT2D eigenvalue weighted by Gasteiger charge is 2.57. The van der Waals surface area contributed by atoms with Crippen molar-refractivity contribution in [2.75, 3.05) is 0 Å². The molecule has 0 heterocycles. The lowest BCUT2D eigenvalue weighted by Gasteiger charge is -2.61. The first-order chi connectivity index (χ1) is 17.6. The predicted molar refractivity (Wildman–Crippen MR) is 171 cm³/mol. The van der Waals surface area contributed by atoms with Gasteiger partial charge >= 0.3 is 8.56 Å². The lowest BCUT2D eigenvalue weighted by Crippen LogP contribution is -2.63. The van der Waals surface area contributed by atoms with E-state index in [9.17, 15) is 0 Å². The van der Waals surface area contributed by atoms with Crippen LogP contribution in [-0.2, 0) is 8.23 Å². The first-order valence-corrected chi connectivity index (χ1v) is 24.2. The first-order valence-electron chi connectivity index (χ1n) is 15.7. The third-order valence-corrected chi connectivity index (χ3v) is 24.1. The van der Waals surface area contributed by atoms with Gasteiger partial charge in [-0.15, -0.1) is 0 Å². The van der Waals surface area contributed by atoms with Gasteiger partial charge in [-0.05, 0) is 128 Å². The summed E-state index contributed by atoms with van der Waals surface area (Å²) in [5.74, 6) is 5.37. The molecule has 4 bridgehead atoms. The summed E-state index contributed by atoms with van der Waals surface area (Å²) in [6, 6.07) is 11.6. The fourth-order valence-electron chi connectivity index (χ4n) is 9.87. The zero-order valence-corrected chi connectivity index (χ0v) is 29.0. The Balaban J connectivity index is 1.35. The average molecular weight is 569 g/mol. The lowest BCUT2D eigenvalue weighted by molar-refractivity contribution is -0.0996. The van der Waals surface area contributed by atoms with Crippen LogP contribution in [0, 0.1) is 46.3 Å². The second-order valence-electron chi connectivity index (χ2n) is 16.3. The molecule has 0 aromatic heterocycles. The van der Waals surface area contributed by atoms with Crippen molar-refractivity contribution in [3.05, 3.63) is 36.4 Å². The van der Waals surface area contributed by atoms with Crippen molar-refractivity contribution in [3.63, 3.8) is 0 Å². The van der Waals surface area contributed by atoms with E-state index >= 15 is 0 Å². The molecule has 0 radical (unpaired) electrons. The molecule has 6 saturated carbocycles. The molecule has 6 unspecified atom stereocenters. The van der Waals surface area contributed by atoms with Crippen LogP contribution in [0.1, 0.15) is 71.8 Å². The maximum atomic E-state index is 7.49. The van der Waals surface area contributed by atoms with Gasteiger partial charge < -0.3 is 8.23 Å². The van der Waals surface area contributed by atoms with E-state index in [0.29, 0.717) is 10.8 Å². The fourth-order valence-corrected chi connectivity index (χ4v) is 24.7. The van der Waals surface area contributed by atoms with Crippen molar-refractivity contribution in [2.45, 2.75) is 111 Å². The number of hydrogen-bond acceptors (Lipinski definition) is 2. The Bertz CT molecular complexity index is 969. The molecule has 5 heteroatoms. The largest absolute Gasteiger partial charge is 0.433 e. The minimum Gasteiger partial charge on any atom is -0.433 e. The third kappa shape index (κ3) is 5.29. The zero-order valence-electron chi connectivity index (χ0n) is 26.0. The van der Waals surface area contributed by atoms with Crippen LogP contribution < -0.4 is 5.19 Å². The highest BCUT2D eigenvalue weighted by Crippen LogP contribution is 2.63. The van der Waals surface area contributed by atoms with Gasteiger partial charge in [0.15, 0.2) is 16.6 Å². The summed E-state index contributed by atoms with van der Waals surface area (Å²) in [6.45, 7) is 26.4. The van der Waals surface area contributed by atoms with E-state index in [-0.39, 0.29) is 0 Å². The fraction of sp³-hybridized carbons (Fsp3) is 0.758. The van der Waals surface area contributed by atoms with Crippen LogP contribution in [0.25, 0.3) is 6.08 Å². The van der Waals surface area contributed by atoms with Crippen molar-refractivity contribution in [1.82, 2.24) is 0 Å². The second kappa shape index (κ2) is 9.82. The van der Waals surface area contributed by atoms with Crippen molar-refractivity contribution in [1.29, 1.82) is 0 Å². The molecule has 7 rings (SSSR count). The molecule has 212 valence electrons. The smallest absolute Gasteiger partial charge is 0.348 e. The molecule has 1 aromatic rings. The van der Waals surface area contributed by atoms with Gasteiger partial charge in [0.1, 0.15) is 0 Å². The number of benzene rings is 1. The molecule has 0 N–H and O–H groups in total. The van der Waals surface area contributed by atoms with Crippen LogP contribution in [0.4, 0.5) is 0 Å². The monoisotopic (exact) mass is 568 g/mol. The van der Waals surface area contributed by atoms with E-state index in [1.165, 1.54) is 61.4 Å². The topological polar surface area (TPSA) is 18.5 Å². The molecule has 0 saturated heterocycles. The Hall–Kier alpha value is -0.469. The van der Waals surface area contributed by atoms with E-state index < -0.39 is 25.2 Å². The Kier molecular flexibility index (Phi) is 7.50. The summed E-state index contributed by atoms with van der Waals surface area (Å²) < 4.78 is 15.0. The maximum Gasteiger partial charge on any atom is 0.348 e. The van der Waals surface area contributed by atoms with Gasteiger partial charge in [0.05, 0.1) is 0 Å². The van der Waals surface area contributed by atoms with Gasteiger partial charge in [-0.2, -0.15) is 0 Å². The van der Waals surface area contributed by atoms with Crippen molar-refractivity contribution >= 4 is 36.5 Å². The van der Waals surface area contributed by atoms with Crippen LogP contribution in [0.5, 0.6) is 0 Å². The van der Waals surface area contributed by atoms with Crippen LogP contribution in [0.15, 0.2) is 30.8 Å². The summed E-state index contributed by atoms with van der Waals surface area (Å²) >= 11 is 0. The Morgan fingerprint density at radius 3 is 1.50 bits per heavy atom. The van der Waals surface area contributed by atoms with Crippen molar-refractivity contribution < 1.29 is 8.23 Å². The van der Waals surface area contributed by atoms with Gasteiger partial charge in [0.2, 0.25) is 0 Å². The van der Waals surface area contributed by atoms with Gasteiger partial charge in [0.25, 0.3) is 0 Å². The molecule has 1 aromatic carbocycles. The molecule has 2 nitrogen and oxygen atoms in total. The standard InChI is InChI=1S/C33H56O2Si3/c1-11-24-12-18-29(19-13-24)38(10,34-36(6,7)22-25-14-16-27-20-30(25)32(27,2)3)35-37(8,9)23-26-15-17-28-21-31(26)33(28,4)5/h11-13,18-19,25-28,30-31H,1,14-17,20-23H2,2-10H3. The third-order valence-electron chi connectivity index (χ3n) is 12.1. The summed E-state index contributed by atoms with van der Waals surface area (Å²) in [6.07, 6.45) is 10.5. The van der Waals surface area contributed by atoms with Crippen LogP contribution >= 0.6 is 0 Å². The molecular formula is C33H56O2Si3. The molecule has 0 spiro atoms. The zero-order chi connectivity index (χ0) is 27.7. The van der Waals surface area contributed by atoms with E-state index in [2.05, 4.69) is 91.3 Å². The summed E-state index contributed by atoms with van der Waals surface area (Å²) in [7, 11) is -6.51. The van der Waals surface area contributed by atoms with E-state index in [1.54, 1.807) is 0 Å². The first kappa shape index (κ1) is 29.0.